The molecule has 1 fully saturated rings. The Hall–Kier alpha value is -2.28. The largest absolute Gasteiger partial charge is 0.451 e. The van der Waals surface area contributed by atoms with Crippen molar-refractivity contribution in [3.8, 4) is 0 Å². The fourth-order valence-corrected chi connectivity index (χ4v) is 3.54. The molecule has 1 aliphatic heterocycles. The molecule has 2 heterocycles. The average Bonchev–Trinajstić information content (AvgIpc) is 3.13. The van der Waals surface area contributed by atoms with E-state index in [1.807, 2.05) is 22.6 Å². The Labute approximate surface area is 174 Å². The molecule has 3 amide bonds. The van der Waals surface area contributed by atoms with E-state index < -0.39 is 35.3 Å². The molecule has 6 nitrogen and oxygen atoms in total. The van der Waals surface area contributed by atoms with Crippen LogP contribution in [0.2, 0.25) is 0 Å². The van der Waals surface area contributed by atoms with E-state index in [4.69, 9.17) is 4.42 Å². The summed E-state index contributed by atoms with van der Waals surface area (Å²) in [6.45, 7) is -0.617. The lowest BCUT2D eigenvalue weighted by molar-refractivity contribution is -0.137. The molecule has 0 spiro atoms. The summed E-state index contributed by atoms with van der Waals surface area (Å²) in [6, 6.07) is 7.36. The molecule has 28 heavy (non-hydrogen) atoms. The summed E-state index contributed by atoms with van der Waals surface area (Å²) >= 11 is 2.59. The van der Waals surface area contributed by atoms with Gasteiger partial charge in [0.05, 0.1) is 10.5 Å². The monoisotopic (exact) mass is 522 g/mol. The lowest BCUT2D eigenvalue weighted by Gasteiger charge is -2.13. The molecule has 0 aliphatic carbocycles. The Bertz CT molecular complexity index is 987. The van der Waals surface area contributed by atoms with Crippen LogP contribution in [0.3, 0.4) is 0 Å². The zero-order valence-corrected chi connectivity index (χ0v) is 16.7. The summed E-state index contributed by atoms with van der Waals surface area (Å²) in [7, 11) is 0. The number of imide groups is 1. The molecule has 1 saturated heterocycles. The number of furan rings is 1. The normalized spacial score (nSPS) is 16.1. The first kappa shape index (κ1) is 20.5. The van der Waals surface area contributed by atoms with Gasteiger partial charge in [-0.25, -0.2) is 0 Å². The lowest BCUT2D eigenvalue weighted by atomic mass is 10.2. The van der Waals surface area contributed by atoms with E-state index in [1.54, 1.807) is 12.1 Å². The third-order valence-electron chi connectivity index (χ3n) is 3.52. The van der Waals surface area contributed by atoms with Crippen LogP contribution < -0.4 is 5.32 Å². The molecule has 0 radical (unpaired) electrons. The van der Waals surface area contributed by atoms with Gasteiger partial charge in [-0.3, -0.25) is 19.3 Å². The first-order valence-electron chi connectivity index (χ1n) is 7.61. The summed E-state index contributed by atoms with van der Waals surface area (Å²) in [5.41, 5.74) is -1.01. The Morgan fingerprint density at radius 2 is 2.00 bits per heavy atom. The molecule has 0 saturated carbocycles. The predicted molar refractivity (Wildman–Crippen MR) is 104 cm³/mol. The van der Waals surface area contributed by atoms with Crippen molar-refractivity contribution in [1.29, 1.82) is 0 Å². The zero-order valence-electron chi connectivity index (χ0n) is 13.7. The van der Waals surface area contributed by atoms with Gasteiger partial charge in [0.2, 0.25) is 5.91 Å². The Balaban J connectivity index is 1.68. The van der Waals surface area contributed by atoms with E-state index in [1.165, 1.54) is 12.1 Å². The van der Waals surface area contributed by atoms with Crippen molar-refractivity contribution in [1.82, 2.24) is 4.90 Å². The van der Waals surface area contributed by atoms with Crippen molar-refractivity contribution in [3.05, 3.63) is 56.4 Å². The van der Waals surface area contributed by atoms with Gasteiger partial charge in [0, 0.05) is 11.8 Å². The third kappa shape index (κ3) is 4.76. The number of alkyl halides is 3. The number of anilines is 1. The van der Waals surface area contributed by atoms with Gasteiger partial charge >= 0.3 is 6.18 Å². The molecule has 2 aromatic rings. The van der Waals surface area contributed by atoms with Crippen molar-refractivity contribution >= 4 is 63.2 Å². The van der Waals surface area contributed by atoms with Gasteiger partial charge in [0.25, 0.3) is 11.1 Å². The molecule has 3 rings (SSSR count). The maximum Gasteiger partial charge on any atom is 0.416 e. The minimum absolute atomic E-state index is 0.0858. The topological polar surface area (TPSA) is 79.6 Å². The summed E-state index contributed by atoms with van der Waals surface area (Å²) in [5, 5.41) is 1.60. The highest BCUT2D eigenvalue weighted by Crippen LogP contribution is 2.33. The molecule has 11 heteroatoms. The van der Waals surface area contributed by atoms with Crippen LogP contribution in [0.4, 0.5) is 23.7 Å². The highest BCUT2D eigenvalue weighted by molar-refractivity contribution is 14.1. The quantitative estimate of drug-likeness (QED) is 0.470. The highest BCUT2D eigenvalue weighted by Gasteiger charge is 2.36. The first-order valence-corrected chi connectivity index (χ1v) is 9.51. The number of carbonyl (C=O) groups excluding carboxylic acids is 3. The van der Waals surface area contributed by atoms with E-state index in [9.17, 15) is 27.6 Å². The number of hydrogen-bond acceptors (Lipinski definition) is 5. The predicted octanol–water partition coefficient (Wildman–Crippen LogP) is 4.58. The molecule has 0 atom stereocenters. The number of benzene rings is 1. The molecule has 1 aromatic carbocycles. The Morgan fingerprint density at radius 3 is 2.64 bits per heavy atom. The minimum atomic E-state index is -4.55. The van der Waals surface area contributed by atoms with Crippen molar-refractivity contribution in [2.45, 2.75) is 6.18 Å². The zero-order chi connectivity index (χ0) is 20.5. The smallest absolute Gasteiger partial charge is 0.416 e. The standard InChI is InChI=1S/C17H10F3IN2O4S/c18-17(19,20)9-2-1-3-10(6-9)22-14(24)8-23-15(25)12(28-16(23)26)7-11-4-5-13(21)27-11/h1-7H,8H2,(H,22,24)/b12-7-. The number of thioether (sulfide) groups is 1. The molecule has 146 valence electrons. The molecule has 0 unspecified atom stereocenters. The third-order valence-corrected chi connectivity index (χ3v) is 5.00. The second-order valence-corrected chi connectivity index (χ2v) is 7.59. The summed E-state index contributed by atoms with van der Waals surface area (Å²) in [5.74, 6) is -1.10. The van der Waals surface area contributed by atoms with E-state index in [2.05, 4.69) is 5.32 Å². The van der Waals surface area contributed by atoms with Gasteiger partial charge in [0.1, 0.15) is 12.3 Å². The van der Waals surface area contributed by atoms with E-state index in [-0.39, 0.29) is 10.6 Å². The van der Waals surface area contributed by atoms with Crippen LogP contribution in [0.1, 0.15) is 11.3 Å². The van der Waals surface area contributed by atoms with Gasteiger partial charge in [-0.15, -0.1) is 0 Å². The van der Waals surface area contributed by atoms with Crippen LogP contribution in [-0.4, -0.2) is 28.5 Å². The van der Waals surface area contributed by atoms with Crippen molar-refractivity contribution in [2.24, 2.45) is 0 Å². The van der Waals surface area contributed by atoms with E-state index in [0.717, 1.165) is 18.2 Å². The van der Waals surface area contributed by atoms with Crippen molar-refractivity contribution in [2.75, 3.05) is 11.9 Å². The van der Waals surface area contributed by atoms with Crippen LogP contribution in [-0.2, 0) is 15.8 Å². The molecule has 0 bridgehead atoms. The average molecular weight is 522 g/mol. The molecule has 1 aromatic heterocycles. The second kappa shape index (κ2) is 7.99. The number of nitrogens with zero attached hydrogens (tertiary/aromatic N) is 1. The number of hydrogen-bond donors (Lipinski definition) is 1. The first-order chi connectivity index (χ1) is 13.1. The van der Waals surface area contributed by atoms with Gasteiger partial charge in [0.15, 0.2) is 3.77 Å². The second-order valence-electron chi connectivity index (χ2n) is 5.54. The number of halogens is 4. The van der Waals surface area contributed by atoms with E-state index >= 15 is 0 Å². The van der Waals surface area contributed by atoms with Crippen LogP contribution in [0.25, 0.3) is 6.08 Å². The molecule has 1 aliphatic rings. The van der Waals surface area contributed by atoms with Crippen LogP contribution >= 0.6 is 34.4 Å². The minimum Gasteiger partial charge on any atom is -0.451 e. The number of carbonyl (C=O) groups is 3. The molecule has 1 N–H and O–H groups in total. The maximum atomic E-state index is 12.7. The van der Waals surface area contributed by atoms with Crippen LogP contribution in [0, 0.1) is 3.77 Å². The van der Waals surface area contributed by atoms with Gasteiger partial charge < -0.3 is 9.73 Å². The number of rotatable bonds is 4. The molecular weight excluding hydrogens is 512 g/mol. The van der Waals surface area contributed by atoms with Gasteiger partial charge in [-0.1, -0.05) is 6.07 Å². The van der Waals surface area contributed by atoms with Crippen molar-refractivity contribution in [3.63, 3.8) is 0 Å². The lowest BCUT2D eigenvalue weighted by Crippen LogP contribution is -2.36. The summed E-state index contributed by atoms with van der Waals surface area (Å²) < 4.78 is 44.1. The van der Waals surface area contributed by atoms with Gasteiger partial charge in [-0.2, -0.15) is 13.2 Å². The van der Waals surface area contributed by atoms with Crippen LogP contribution in [0.15, 0.2) is 45.7 Å². The number of nitrogens with one attached hydrogen (secondary N) is 1. The van der Waals surface area contributed by atoms with Crippen LogP contribution in [0.5, 0.6) is 0 Å². The fraction of sp³-hybridized carbons (Fsp3) is 0.118. The maximum absolute atomic E-state index is 12.7. The Kier molecular flexibility index (Phi) is 5.84. The van der Waals surface area contributed by atoms with Gasteiger partial charge in [-0.05, 0) is 64.7 Å². The SMILES string of the molecule is O=C(CN1C(=O)S/C(=C\c2ccc(I)o2)C1=O)Nc1cccc(C(F)(F)F)c1. The Morgan fingerprint density at radius 1 is 1.25 bits per heavy atom. The van der Waals surface area contributed by atoms with E-state index in [0.29, 0.717) is 26.2 Å². The number of amides is 3. The van der Waals surface area contributed by atoms with Crippen molar-refractivity contribution < 1.29 is 32.0 Å². The summed E-state index contributed by atoms with van der Waals surface area (Å²) in [4.78, 5) is 37.3. The summed E-state index contributed by atoms with van der Waals surface area (Å²) in [6.07, 6.45) is -3.17. The molecular formula is C17H10F3IN2O4S. The fourth-order valence-electron chi connectivity index (χ4n) is 2.29. The highest BCUT2D eigenvalue weighted by atomic mass is 127.